The second-order valence-electron chi connectivity index (χ2n) is 10.0. The van der Waals surface area contributed by atoms with Crippen LogP contribution in [0.3, 0.4) is 0 Å². The zero-order valence-electron chi connectivity index (χ0n) is 19.1. The van der Waals surface area contributed by atoms with E-state index in [1.54, 1.807) is 19.9 Å². The molecule has 0 radical (unpaired) electrons. The van der Waals surface area contributed by atoms with Crippen LogP contribution in [0.5, 0.6) is 0 Å². The molecule has 2 heterocycles. The first kappa shape index (κ1) is 23.0. The molecule has 1 aliphatic heterocycles. The number of aromatic nitrogens is 1. The van der Waals surface area contributed by atoms with E-state index in [4.69, 9.17) is 4.52 Å². The van der Waals surface area contributed by atoms with Crippen molar-refractivity contribution >= 4 is 22.7 Å². The van der Waals surface area contributed by atoms with Gasteiger partial charge in [0, 0.05) is 32.2 Å². The smallest absolute Gasteiger partial charge is 0.223 e. The molecule has 0 bridgehead atoms. The molecule has 1 saturated carbocycles. The highest BCUT2D eigenvalue weighted by molar-refractivity contribution is 5.88. The van der Waals surface area contributed by atoms with E-state index in [-0.39, 0.29) is 24.2 Å². The van der Waals surface area contributed by atoms with Crippen LogP contribution in [0.15, 0.2) is 22.7 Å². The summed E-state index contributed by atoms with van der Waals surface area (Å²) in [6.45, 7) is 8.06. The molecule has 1 aliphatic carbocycles. The number of halogens is 1. The van der Waals surface area contributed by atoms with Gasteiger partial charge in [-0.2, -0.15) is 0 Å². The summed E-state index contributed by atoms with van der Waals surface area (Å²) < 4.78 is 19.0. The Morgan fingerprint density at radius 1 is 1.22 bits per heavy atom. The summed E-state index contributed by atoms with van der Waals surface area (Å²) in [4.78, 5) is 16.7. The van der Waals surface area contributed by atoms with E-state index >= 15 is 0 Å². The lowest BCUT2D eigenvalue weighted by Crippen LogP contribution is -2.47. The molecular formula is C24H35FN4O3. The van der Waals surface area contributed by atoms with Crippen molar-refractivity contribution in [3.05, 3.63) is 24.0 Å². The van der Waals surface area contributed by atoms with Crippen LogP contribution in [-0.2, 0) is 4.79 Å². The summed E-state index contributed by atoms with van der Waals surface area (Å²) in [6.07, 6.45) is 5.66. The fraction of sp³-hybridized carbons (Fsp3) is 0.667. The number of nitrogens with one attached hydrogen (secondary N) is 1. The minimum absolute atomic E-state index is 0.0542. The van der Waals surface area contributed by atoms with E-state index in [0.29, 0.717) is 11.5 Å². The van der Waals surface area contributed by atoms with Crippen LogP contribution in [0.2, 0.25) is 0 Å². The SMILES string of the molecule is CC(C)(O)CC(=O)NC1CCC(CCN2CCN(c3noc4ccc(F)cc34)CC2)CC1. The fourth-order valence-electron chi connectivity index (χ4n) is 4.94. The molecular weight excluding hydrogens is 411 g/mol. The van der Waals surface area contributed by atoms with E-state index in [1.165, 1.54) is 18.6 Å². The quantitative estimate of drug-likeness (QED) is 0.679. The maximum atomic E-state index is 13.6. The molecule has 2 aromatic rings. The Bertz CT molecular complexity index is 910. The maximum absolute atomic E-state index is 13.6. The molecule has 8 heteroatoms. The Balaban J connectivity index is 1.17. The van der Waals surface area contributed by atoms with Gasteiger partial charge in [-0.05, 0) is 76.6 Å². The molecule has 1 aromatic carbocycles. The number of piperazine rings is 1. The van der Waals surface area contributed by atoms with Crippen molar-refractivity contribution < 1.29 is 18.8 Å². The van der Waals surface area contributed by atoms with Gasteiger partial charge in [-0.15, -0.1) is 0 Å². The third-order valence-electron chi connectivity index (χ3n) is 6.74. The number of amides is 1. The summed E-state index contributed by atoms with van der Waals surface area (Å²) in [5.74, 6) is 1.12. The number of hydrogen-bond acceptors (Lipinski definition) is 6. The number of carbonyl (C=O) groups excluding carboxylic acids is 1. The van der Waals surface area contributed by atoms with E-state index < -0.39 is 5.60 Å². The first-order chi connectivity index (χ1) is 15.3. The van der Waals surface area contributed by atoms with Gasteiger partial charge in [0.15, 0.2) is 11.4 Å². The second-order valence-corrected chi connectivity index (χ2v) is 10.0. The van der Waals surface area contributed by atoms with E-state index in [0.717, 1.165) is 69.6 Å². The largest absolute Gasteiger partial charge is 0.390 e. The monoisotopic (exact) mass is 446 g/mol. The van der Waals surface area contributed by atoms with Crippen LogP contribution in [0, 0.1) is 11.7 Å². The normalized spacial score (nSPS) is 22.9. The maximum Gasteiger partial charge on any atom is 0.223 e. The average molecular weight is 447 g/mol. The molecule has 0 unspecified atom stereocenters. The lowest BCUT2D eigenvalue weighted by Gasteiger charge is -2.36. The Morgan fingerprint density at radius 2 is 1.94 bits per heavy atom. The number of rotatable bonds is 7. The van der Waals surface area contributed by atoms with Gasteiger partial charge in [0.1, 0.15) is 5.82 Å². The standard InChI is InChI=1S/C24H35FN4O3/c1-24(2,31)16-22(30)26-19-6-3-17(4-7-19)9-10-28-11-13-29(14-12-28)23-20-15-18(25)5-8-21(20)32-27-23/h5,8,15,17,19,31H,3-4,6-7,9-14,16H2,1-2H3,(H,26,30). The lowest BCUT2D eigenvalue weighted by molar-refractivity contribution is -0.125. The van der Waals surface area contributed by atoms with Crippen molar-refractivity contribution in [2.75, 3.05) is 37.6 Å². The van der Waals surface area contributed by atoms with Gasteiger partial charge in [0.25, 0.3) is 0 Å². The summed E-state index contributed by atoms with van der Waals surface area (Å²) in [6, 6.07) is 4.76. The lowest BCUT2D eigenvalue weighted by atomic mass is 9.84. The number of anilines is 1. The van der Waals surface area contributed by atoms with Crippen LogP contribution < -0.4 is 10.2 Å². The van der Waals surface area contributed by atoms with Crippen LogP contribution in [-0.4, -0.2) is 65.4 Å². The van der Waals surface area contributed by atoms with Gasteiger partial charge in [-0.1, -0.05) is 5.16 Å². The highest BCUT2D eigenvalue weighted by atomic mass is 19.1. The molecule has 1 amide bonds. The molecule has 2 fully saturated rings. The predicted molar refractivity (Wildman–Crippen MR) is 122 cm³/mol. The number of hydrogen-bond donors (Lipinski definition) is 2. The van der Waals surface area contributed by atoms with Crippen molar-refractivity contribution in [1.82, 2.24) is 15.4 Å². The second kappa shape index (κ2) is 9.75. The fourth-order valence-corrected chi connectivity index (χ4v) is 4.94. The summed E-state index contributed by atoms with van der Waals surface area (Å²) >= 11 is 0. The van der Waals surface area contributed by atoms with Crippen LogP contribution in [0.25, 0.3) is 11.0 Å². The molecule has 0 spiro atoms. The van der Waals surface area contributed by atoms with Gasteiger partial charge in [0.05, 0.1) is 17.4 Å². The molecule has 32 heavy (non-hydrogen) atoms. The van der Waals surface area contributed by atoms with E-state index in [2.05, 4.69) is 20.3 Å². The summed E-state index contributed by atoms with van der Waals surface area (Å²) in [5.41, 5.74) is -0.335. The molecule has 1 aromatic heterocycles. The van der Waals surface area contributed by atoms with Gasteiger partial charge in [-0.25, -0.2) is 4.39 Å². The number of benzene rings is 1. The van der Waals surface area contributed by atoms with Crippen LogP contribution in [0.1, 0.15) is 52.4 Å². The number of fused-ring (bicyclic) bond motifs is 1. The van der Waals surface area contributed by atoms with Gasteiger partial charge >= 0.3 is 0 Å². The highest BCUT2D eigenvalue weighted by Crippen LogP contribution is 2.29. The van der Waals surface area contributed by atoms with Gasteiger partial charge < -0.3 is 19.8 Å². The molecule has 176 valence electrons. The van der Waals surface area contributed by atoms with Crippen molar-refractivity contribution in [3.63, 3.8) is 0 Å². The van der Waals surface area contributed by atoms with E-state index in [1.807, 2.05) is 0 Å². The third-order valence-corrected chi connectivity index (χ3v) is 6.74. The minimum atomic E-state index is -0.956. The minimum Gasteiger partial charge on any atom is -0.390 e. The Hall–Kier alpha value is -2.19. The Labute approximate surface area is 188 Å². The Kier molecular flexibility index (Phi) is 7.00. The van der Waals surface area contributed by atoms with Crippen molar-refractivity contribution in [2.24, 2.45) is 5.92 Å². The predicted octanol–water partition coefficient (Wildman–Crippen LogP) is 3.32. The average Bonchev–Trinajstić information content (AvgIpc) is 3.15. The number of nitrogens with zero attached hydrogens (tertiary/aromatic N) is 3. The summed E-state index contributed by atoms with van der Waals surface area (Å²) in [5, 5.41) is 17.8. The highest BCUT2D eigenvalue weighted by Gasteiger charge is 2.26. The molecule has 0 atom stereocenters. The van der Waals surface area contributed by atoms with Crippen molar-refractivity contribution in [2.45, 2.75) is 64.0 Å². The topological polar surface area (TPSA) is 81.8 Å². The zero-order valence-corrected chi connectivity index (χ0v) is 19.1. The molecule has 1 saturated heterocycles. The molecule has 7 nitrogen and oxygen atoms in total. The first-order valence-electron chi connectivity index (χ1n) is 11.8. The third kappa shape index (κ3) is 5.98. The van der Waals surface area contributed by atoms with E-state index in [9.17, 15) is 14.3 Å². The van der Waals surface area contributed by atoms with Crippen molar-refractivity contribution in [3.8, 4) is 0 Å². The zero-order chi connectivity index (χ0) is 22.7. The first-order valence-corrected chi connectivity index (χ1v) is 11.8. The van der Waals surface area contributed by atoms with Crippen molar-refractivity contribution in [1.29, 1.82) is 0 Å². The van der Waals surface area contributed by atoms with Crippen LogP contribution >= 0.6 is 0 Å². The molecule has 4 rings (SSSR count). The summed E-state index contributed by atoms with van der Waals surface area (Å²) in [7, 11) is 0. The van der Waals surface area contributed by atoms with Crippen LogP contribution in [0.4, 0.5) is 10.2 Å². The molecule has 2 N–H and O–H groups in total. The number of aliphatic hydroxyl groups is 1. The Morgan fingerprint density at radius 3 is 2.62 bits per heavy atom. The molecule has 2 aliphatic rings. The van der Waals surface area contributed by atoms with Gasteiger partial charge in [0.2, 0.25) is 5.91 Å². The number of carbonyl (C=O) groups is 1. The van der Waals surface area contributed by atoms with Gasteiger partial charge in [-0.3, -0.25) is 9.69 Å².